The number of aromatic nitrogens is 1. The Bertz CT molecular complexity index is 511. The molecule has 1 aromatic rings. The second-order valence-corrected chi connectivity index (χ2v) is 3.77. The molecule has 0 atom stereocenters. The minimum atomic E-state index is -1.21. The standard InChI is InChI=1S/C12H14N2O3/c1-9-5-6-10(12(16)17)11(15)14(9)8-4-2-3-7-13/h5-6H,2-4,8H2,1H3,(H,16,17). The van der Waals surface area contributed by atoms with Gasteiger partial charge in [0.1, 0.15) is 5.56 Å². The summed E-state index contributed by atoms with van der Waals surface area (Å²) < 4.78 is 1.45. The number of hydrogen-bond acceptors (Lipinski definition) is 3. The molecule has 0 bridgehead atoms. The number of rotatable bonds is 5. The van der Waals surface area contributed by atoms with Gasteiger partial charge in [-0.3, -0.25) is 4.79 Å². The lowest BCUT2D eigenvalue weighted by Gasteiger charge is -2.09. The number of carboxylic acids is 1. The maximum absolute atomic E-state index is 11.8. The van der Waals surface area contributed by atoms with Gasteiger partial charge in [0.05, 0.1) is 6.07 Å². The third kappa shape index (κ3) is 3.18. The van der Waals surface area contributed by atoms with Gasteiger partial charge >= 0.3 is 5.97 Å². The molecule has 5 nitrogen and oxygen atoms in total. The number of nitrogens with zero attached hydrogens (tertiary/aromatic N) is 2. The van der Waals surface area contributed by atoms with E-state index in [1.807, 2.05) is 6.07 Å². The molecule has 0 amide bonds. The maximum atomic E-state index is 11.8. The fourth-order valence-corrected chi connectivity index (χ4v) is 1.59. The molecule has 0 unspecified atom stereocenters. The Morgan fingerprint density at radius 2 is 2.18 bits per heavy atom. The second kappa shape index (κ2) is 5.85. The highest BCUT2D eigenvalue weighted by molar-refractivity contribution is 5.87. The average molecular weight is 234 g/mol. The molecule has 1 rings (SSSR count). The van der Waals surface area contributed by atoms with E-state index < -0.39 is 11.5 Å². The van der Waals surface area contributed by atoms with E-state index in [4.69, 9.17) is 10.4 Å². The summed E-state index contributed by atoms with van der Waals surface area (Å²) in [6.07, 6.45) is 1.85. The largest absolute Gasteiger partial charge is 0.477 e. The fourth-order valence-electron chi connectivity index (χ4n) is 1.59. The van der Waals surface area contributed by atoms with E-state index in [0.717, 1.165) is 5.69 Å². The highest BCUT2D eigenvalue weighted by Gasteiger charge is 2.11. The first kappa shape index (κ1) is 13.0. The van der Waals surface area contributed by atoms with Crippen LogP contribution in [0.15, 0.2) is 16.9 Å². The van der Waals surface area contributed by atoms with Crippen LogP contribution in [0.3, 0.4) is 0 Å². The monoisotopic (exact) mass is 234 g/mol. The molecule has 1 heterocycles. The molecule has 5 heteroatoms. The van der Waals surface area contributed by atoms with Crippen molar-refractivity contribution in [3.63, 3.8) is 0 Å². The molecule has 0 saturated carbocycles. The Kier molecular flexibility index (Phi) is 4.46. The number of nitriles is 1. The summed E-state index contributed by atoms with van der Waals surface area (Å²) in [5.74, 6) is -1.21. The molecule has 0 radical (unpaired) electrons. The van der Waals surface area contributed by atoms with Crippen LogP contribution in [-0.2, 0) is 6.54 Å². The first-order chi connectivity index (χ1) is 8.07. The van der Waals surface area contributed by atoms with Gasteiger partial charge in [0.2, 0.25) is 0 Å². The van der Waals surface area contributed by atoms with Crippen LogP contribution in [0.2, 0.25) is 0 Å². The third-order valence-electron chi connectivity index (χ3n) is 2.54. The molecular formula is C12H14N2O3. The lowest BCUT2D eigenvalue weighted by Crippen LogP contribution is -2.27. The van der Waals surface area contributed by atoms with Crippen molar-refractivity contribution < 1.29 is 9.90 Å². The highest BCUT2D eigenvalue weighted by Crippen LogP contribution is 2.02. The number of carboxylic acid groups (broad SMARTS) is 1. The van der Waals surface area contributed by atoms with E-state index in [1.54, 1.807) is 13.0 Å². The first-order valence-electron chi connectivity index (χ1n) is 5.38. The smallest absolute Gasteiger partial charge is 0.341 e. The predicted octanol–water partition coefficient (Wildman–Crippen LogP) is 1.55. The van der Waals surface area contributed by atoms with Crippen molar-refractivity contribution in [2.75, 3.05) is 0 Å². The van der Waals surface area contributed by atoms with Crippen molar-refractivity contribution in [2.24, 2.45) is 0 Å². The van der Waals surface area contributed by atoms with Crippen molar-refractivity contribution in [1.29, 1.82) is 5.26 Å². The molecule has 1 N–H and O–H groups in total. The lowest BCUT2D eigenvalue weighted by molar-refractivity contribution is 0.0694. The zero-order chi connectivity index (χ0) is 12.8. The number of aryl methyl sites for hydroxylation is 1. The van der Waals surface area contributed by atoms with Crippen LogP contribution in [0.25, 0.3) is 0 Å². The van der Waals surface area contributed by atoms with Gasteiger partial charge in [0, 0.05) is 18.7 Å². The minimum absolute atomic E-state index is 0.212. The van der Waals surface area contributed by atoms with Crippen LogP contribution < -0.4 is 5.56 Å². The van der Waals surface area contributed by atoms with Gasteiger partial charge in [0.25, 0.3) is 5.56 Å². The zero-order valence-electron chi connectivity index (χ0n) is 9.64. The molecule has 0 aliphatic heterocycles. The Labute approximate surface area is 98.9 Å². The molecule has 0 aromatic carbocycles. The molecule has 0 aliphatic carbocycles. The van der Waals surface area contributed by atoms with Crippen LogP contribution in [0.1, 0.15) is 35.3 Å². The van der Waals surface area contributed by atoms with E-state index in [-0.39, 0.29) is 5.56 Å². The normalized spacial score (nSPS) is 9.88. The molecular weight excluding hydrogens is 220 g/mol. The Hall–Kier alpha value is -2.09. The summed E-state index contributed by atoms with van der Waals surface area (Å²) in [6.45, 7) is 2.21. The molecule has 0 spiro atoms. The zero-order valence-corrected chi connectivity index (χ0v) is 9.64. The van der Waals surface area contributed by atoms with Crippen LogP contribution in [0.4, 0.5) is 0 Å². The number of aromatic carboxylic acids is 1. The van der Waals surface area contributed by atoms with E-state index in [2.05, 4.69) is 0 Å². The third-order valence-corrected chi connectivity index (χ3v) is 2.54. The van der Waals surface area contributed by atoms with Crippen molar-refractivity contribution in [2.45, 2.75) is 32.7 Å². The van der Waals surface area contributed by atoms with Crippen LogP contribution >= 0.6 is 0 Å². The van der Waals surface area contributed by atoms with Crippen molar-refractivity contribution in [1.82, 2.24) is 4.57 Å². The summed E-state index contributed by atoms with van der Waals surface area (Å²) in [7, 11) is 0. The van der Waals surface area contributed by atoms with Gasteiger partial charge in [-0.1, -0.05) is 0 Å². The fraction of sp³-hybridized carbons (Fsp3) is 0.417. The van der Waals surface area contributed by atoms with Gasteiger partial charge in [-0.2, -0.15) is 5.26 Å². The molecule has 0 saturated heterocycles. The molecule has 0 fully saturated rings. The number of hydrogen-bond donors (Lipinski definition) is 1. The topological polar surface area (TPSA) is 83.1 Å². The predicted molar refractivity (Wildman–Crippen MR) is 61.9 cm³/mol. The van der Waals surface area contributed by atoms with Crippen molar-refractivity contribution >= 4 is 5.97 Å². The summed E-state index contributed by atoms with van der Waals surface area (Å²) in [6, 6.07) is 4.98. The SMILES string of the molecule is Cc1ccc(C(=O)O)c(=O)n1CCCCC#N. The van der Waals surface area contributed by atoms with Gasteiger partial charge in [-0.25, -0.2) is 4.79 Å². The van der Waals surface area contributed by atoms with Crippen LogP contribution in [0.5, 0.6) is 0 Å². The molecule has 90 valence electrons. The van der Waals surface area contributed by atoms with Gasteiger partial charge in [0.15, 0.2) is 0 Å². The summed E-state index contributed by atoms with van der Waals surface area (Å²) in [4.78, 5) is 22.6. The maximum Gasteiger partial charge on any atom is 0.341 e. The van der Waals surface area contributed by atoms with Crippen molar-refractivity contribution in [3.8, 4) is 6.07 Å². The Morgan fingerprint density at radius 1 is 1.47 bits per heavy atom. The minimum Gasteiger partial charge on any atom is -0.477 e. The summed E-state index contributed by atoms with van der Waals surface area (Å²) in [5.41, 5.74) is 0.0438. The van der Waals surface area contributed by atoms with Gasteiger partial charge in [-0.15, -0.1) is 0 Å². The van der Waals surface area contributed by atoms with E-state index in [0.29, 0.717) is 25.8 Å². The van der Waals surface area contributed by atoms with Crippen LogP contribution in [-0.4, -0.2) is 15.6 Å². The lowest BCUT2D eigenvalue weighted by atomic mass is 10.2. The Morgan fingerprint density at radius 3 is 2.76 bits per heavy atom. The van der Waals surface area contributed by atoms with E-state index >= 15 is 0 Å². The number of pyridine rings is 1. The summed E-state index contributed by atoms with van der Waals surface area (Å²) >= 11 is 0. The molecule has 1 aromatic heterocycles. The quantitative estimate of drug-likeness (QED) is 0.783. The van der Waals surface area contributed by atoms with Gasteiger partial charge < -0.3 is 9.67 Å². The first-order valence-corrected chi connectivity index (χ1v) is 5.38. The molecule has 0 aliphatic rings. The molecule has 17 heavy (non-hydrogen) atoms. The van der Waals surface area contributed by atoms with Gasteiger partial charge in [-0.05, 0) is 31.9 Å². The van der Waals surface area contributed by atoms with E-state index in [9.17, 15) is 9.59 Å². The number of unbranched alkanes of at least 4 members (excludes halogenated alkanes) is 2. The highest BCUT2D eigenvalue weighted by atomic mass is 16.4. The summed E-state index contributed by atoms with van der Waals surface area (Å²) in [5, 5.41) is 17.2. The Balaban J connectivity index is 2.91. The van der Waals surface area contributed by atoms with Crippen molar-refractivity contribution in [3.05, 3.63) is 33.7 Å². The average Bonchev–Trinajstić information content (AvgIpc) is 2.27. The number of carbonyl (C=O) groups is 1. The van der Waals surface area contributed by atoms with E-state index in [1.165, 1.54) is 10.6 Å². The van der Waals surface area contributed by atoms with Crippen LogP contribution in [0, 0.1) is 18.3 Å². The second-order valence-electron chi connectivity index (χ2n) is 3.77.